The Hall–Kier alpha value is -1.92. The van der Waals surface area contributed by atoms with Gasteiger partial charge in [0.15, 0.2) is 5.82 Å². The minimum atomic E-state index is -0.858. The molecule has 7 heteroatoms. The van der Waals surface area contributed by atoms with Gasteiger partial charge in [0.05, 0.1) is 0 Å². The van der Waals surface area contributed by atoms with Crippen LogP contribution < -0.4 is 5.32 Å². The van der Waals surface area contributed by atoms with Gasteiger partial charge < -0.3 is 14.9 Å². The van der Waals surface area contributed by atoms with Crippen molar-refractivity contribution < 1.29 is 19.2 Å². The molecule has 1 amide bonds. The molecule has 1 aromatic rings. The highest BCUT2D eigenvalue weighted by Gasteiger charge is 2.08. The van der Waals surface area contributed by atoms with Crippen molar-refractivity contribution in [3.63, 3.8) is 0 Å². The second kappa shape index (κ2) is 8.23. The summed E-state index contributed by atoms with van der Waals surface area (Å²) in [6, 6.07) is 0. The minimum Gasteiger partial charge on any atom is -0.481 e. The third-order valence-corrected chi connectivity index (χ3v) is 2.44. The molecule has 0 radical (unpaired) electrons. The van der Waals surface area contributed by atoms with Crippen LogP contribution in [0.15, 0.2) is 4.52 Å². The van der Waals surface area contributed by atoms with Gasteiger partial charge in [0.25, 0.3) is 0 Å². The Kier molecular flexibility index (Phi) is 6.56. The summed E-state index contributed by atoms with van der Waals surface area (Å²) in [6.45, 7) is 2.40. The monoisotopic (exact) mass is 269 g/mol. The van der Waals surface area contributed by atoms with E-state index >= 15 is 0 Å². The van der Waals surface area contributed by atoms with Crippen molar-refractivity contribution in [1.29, 1.82) is 0 Å². The summed E-state index contributed by atoms with van der Waals surface area (Å²) in [5.41, 5.74) is 0. The zero-order valence-corrected chi connectivity index (χ0v) is 11.0. The highest BCUT2D eigenvalue weighted by atomic mass is 16.5. The second-order valence-electron chi connectivity index (χ2n) is 4.20. The highest BCUT2D eigenvalue weighted by molar-refractivity contribution is 5.76. The molecule has 19 heavy (non-hydrogen) atoms. The number of hydrogen-bond donors (Lipinski definition) is 2. The number of carboxylic acid groups (broad SMARTS) is 1. The molecule has 0 bridgehead atoms. The Labute approximate surface area is 111 Å². The number of carbonyl (C=O) groups is 2. The normalized spacial score (nSPS) is 10.4. The van der Waals surface area contributed by atoms with Crippen LogP contribution in [0.2, 0.25) is 0 Å². The van der Waals surface area contributed by atoms with Gasteiger partial charge >= 0.3 is 5.97 Å². The van der Waals surface area contributed by atoms with Crippen molar-refractivity contribution in [2.24, 2.45) is 0 Å². The summed E-state index contributed by atoms with van der Waals surface area (Å²) in [4.78, 5) is 25.9. The lowest BCUT2D eigenvalue weighted by atomic mass is 10.2. The van der Waals surface area contributed by atoms with Gasteiger partial charge in [-0.25, -0.2) is 0 Å². The van der Waals surface area contributed by atoms with Crippen molar-refractivity contribution in [2.75, 3.05) is 6.54 Å². The maximum atomic E-state index is 11.4. The van der Waals surface area contributed by atoms with Crippen molar-refractivity contribution >= 4 is 11.9 Å². The molecular formula is C12H19N3O4. The summed E-state index contributed by atoms with van der Waals surface area (Å²) in [7, 11) is 0. The number of carbonyl (C=O) groups excluding carboxylic acids is 1. The van der Waals surface area contributed by atoms with E-state index in [2.05, 4.69) is 15.5 Å². The fourth-order valence-electron chi connectivity index (χ4n) is 1.49. The average molecular weight is 269 g/mol. The Bertz CT molecular complexity index is 417. The Morgan fingerprint density at radius 1 is 1.32 bits per heavy atom. The maximum Gasteiger partial charge on any atom is 0.303 e. The number of nitrogens with zero attached hydrogens (tertiary/aromatic N) is 2. The molecule has 1 rings (SSSR count). The number of hydrogen-bond acceptors (Lipinski definition) is 5. The Morgan fingerprint density at radius 2 is 2.11 bits per heavy atom. The number of nitrogens with one attached hydrogen (secondary N) is 1. The fraction of sp³-hybridized carbons (Fsp3) is 0.667. The van der Waals surface area contributed by atoms with Crippen LogP contribution >= 0.6 is 0 Å². The zero-order valence-electron chi connectivity index (χ0n) is 11.0. The number of aromatic nitrogens is 2. The van der Waals surface area contributed by atoms with Crippen LogP contribution in [0.4, 0.5) is 0 Å². The summed E-state index contributed by atoms with van der Waals surface area (Å²) in [5.74, 6) is 0.132. The predicted molar refractivity (Wildman–Crippen MR) is 66.5 cm³/mol. The molecular weight excluding hydrogens is 250 g/mol. The van der Waals surface area contributed by atoms with Crippen LogP contribution in [0.25, 0.3) is 0 Å². The summed E-state index contributed by atoms with van der Waals surface area (Å²) < 4.78 is 5.01. The number of amides is 1. The molecule has 0 atom stereocenters. The molecule has 0 saturated carbocycles. The van der Waals surface area contributed by atoms with Crippen LogP contribution in [0.5, 0.6) is 0 Å². The van der Waals surface area contributed by atoms with Gasteiger partial charge in [-0.15, -0.1) is 0 Å². The molecule has 0 fully saturated rings. The van der Waals surface area contributed by atoms with Gasteiger partial charge in [0, 0.05) is 32.2 Å². The van der Waals surface area contributed by atoms with Gasteiger partial charge in [-0.3, -0.25) is 9.59 Å². The largest absolute Gasteiger partial charge is 0.481 e. The SMILES string of the molecule is CCCc1noc(CCC(=O)NCCCC(=O)O)n1. The van der Waals surface area contributed by atoms with E-state index in [9.17, 15) is 9.59 Å². The van der Waals surface area contributed by atoms with E-state index in [0.29, 0.717) is 31.1 Å². The zero-order chi connectivity index (χ0) is 14.1. The first kappa shape index (κ1) is 15.1. The van der Waals surface area contributed by atoms with Crippen molar-refractivity contribution in [3.05, 3.63) is 11.7 Å². The summed E-state index contributed by atoms with van der Waals surface area (Å²) >= 11 is 0. The lowest BCUT2D eigenvalue weighted by molar-refractivity contribution is -0.137. The van der Waals surface area contributed by atoms with Crippen LogP contribution in [-0.2, 0) is 22.4 Å². The molecule has 1 heterocycles. The van der Waals surface area contributed by atoms with Gasteiger partial charge in [-0.2, -0.15) is 4.98 Å². The lowest BCUT2D eigenvalue weighted by Crippen LogP contribution is -2.25. The van der Waals surface area contributed by atoms with Crippen molar-refractivity contribution in [1.82, 2.24) is 15.5 Å². The van der Waals surface area contributed by atoms with Crippen LogP contribution in [0.3, 0.4) is 0 Å². The van der Waals surface area contributed by atoms with Gasteiger partial charge in [-0.1, -0.05) is 12.1 Å². The van der Waals surface area contributed by atoms with E-state index in [0.717, 1.165) is 12.8 Å². The molecule has 0 aromatic carbocycles. The topological polar surface area (TPSA) is 105 Å². The van der Waals surface area contributed by atoms with Crippen LogP contribution in [0, 0.1) is 0 Å². The van der Waals surface area contributed by atoms with Gasteiger partial charge in [0.2, 0.25) is 11.8 Å². The molecule has 0 aliphatic heterocycles. The molecule has 7 nitrogen and oxygen atoms in total. The molecule has 0 aliphatic rings. The third-order valence-electron chi connectivity index (χ3n) is 2.44. The van der Waals surface area contributed by atoms with E-state index in [-0.39, 0.29) is 18.7 Å². The lowest BCUT2D eigenvalue weighted by Gasteiger charge is -2.02. The molecule has 0 aliphatic carbocycles. The molecule has 2 N–H and O–H groups in total. The first-order chi connectivity index (χ1) is 9.11. The number of aliphatic carboxylic acids is 1. The summed E-state index contributed by atoms with van der Waals surface area (Å²) in [5, 5.41) is 14.9. The van der Waals surface area contributed by atoms with Crippen molar-refractivity contribution in [3.8, 4) is 0 Å². The minimum absolute atomic E-state index is 0.0598. The van der Waals surface area contributed by atoms with Gasteiger partial charge in [-0.05, 0) is 12.8 Å². The first-order valence-corrected chi connectivity index (χ1v) is 6.41. The number of carboxylic acids is 1. The number of aryl methyl sites for hydroxylation is 2. The molecule has 0 unspecified atom stereocenters. The molecule has 0 spiro atoms. The smallest absolute Gasteiger partial charge is 0.303 e. The molecule has 1 aromatic heterocycles. The summed E-state index contributed by atoms with van der Waals surface area (Å²) in [6.07, 6.45) is 2.88. The van der Waals surface area contributed by atoms with Crippen LogP contribution in [-0.4, -0.2) is 33.7 Å². The quantitative estimate of drug-likeness (QED) is 0.646. The fourth-order valence-corrected chi connectivity index (χ4v) is 1.49. The molecule has 0 saturated heterocycles. The Morgan fingerprint density at radius 3 is 2.79 bits per heavy atom. The van der Waals surface area contributed by atoms with E-state index in [1.54, 1.807) is 0 Å². The number of rotatable bonds is 9. The highest BCUT2D eigenvalue weighted by Crippen LogP contribution is 2.03. The van der Waals surface area contributed by atoms with E-state index in [1.807, 2.05) is 6.92 Å². The second-order valence-corrected chi connectivity index (χ2v) is 4.20. The Balaban J connectivity index is 2.16. The first-order valence-electron chi connectivity index (χ1n) is 6.41. The van der Waals surface area contributed by atoms with Gasteiger partial charge in [0.1, 0.15) is 0 Å². The standard InChI is InChI=1S/C12H19N3O4/c1-2-4-9-14-11(19-15-9)7-6-10(16)13-8-3-5-12(17)18/h2-8H2,1H3,(H,13,16)(H,17,18). The maximum absolute atomic E-state index is 11.4. The average Bonchev–Trinajstić information content (AvgIpc) is 2.80. The third kappa shape index (κ3) is 6.54. The molecule has 106 valence electrons. The van der Waals surface area contributed by atoms with Crippen LogP contribution in [0.1, 0.15) is 44.3 Å². The predicted octanol–water partition coefficient (Wildman–Crippen LogP) is 0.936. The van der Waals surface area contributed by atoms with Crippen molar-refractivity contribution in [2.45, 2.75) is 45.4 Å². The van der Waals surface area contributed by atoms with E-state index < -0.39 is 5.97 Å². The van der Waals surface area contributed by atoms with E-state index in [4.69, 9.17) is 9.63 Å². The van der Waals surface area contributed by atoms with E-state index in [1.165, 1.54) is 0 Å².